The predicted molar refractivity (Wildman–Crippen MR) is 114 cm³/mol. The van der Waals surface area contributed by atoms with E-state index in [2.05, 4.69) is 38.2 Å². The standard InChI is InChI=1S/C20H22BrN3O2S/c1-12-4-6-24(7-5-12)20-19-16(23-27-20)8-13(11-22-19)14-9-17(25-2)18(26-3)10-15(14)21/h8-12H,4-7H2,1-3H3. The topological polar surface area (TPSA) is 47.5 Å². The van der Waals surface area contributed by atoms with Crippen molar-refractivity contribution in [2.75, 3.05) is 32.2 Å². The fourth-order valence-electron chi connectivity index (χ4n) is 3.47. The molecule has 4 rings (SSSR count). The molecular weight excluding hydrogens is 426 g/mol. The summed E-state index contributed by atoms with van der Waals surface area (Å²) in [6, 6.07) is 5.98. The molecule has 0 unspecified atom stereocenters. The molecule has 5 nitrogen and oxygen atoms in total. The van der Waals surface area contributed by atoms with Crippen LogP contribution < -0.4 is 14.4 Å². The second-order valence-corrected chi connectivity index (χ2v) is 8.54. The van der Waals surface area contributed by atoms with Crippen molar-refractivity contribution in [3.8, 4) is 22.6 Å². The molecule has 1 aliphatic rings. The molecule has 27 heavy (non-hydrogen) atoms. The van der Waals surface area contributed by atoms with E-state index >= 15 is 0 Å². The van der Waals surface area contributed by atoms with Gasteiger partial charge in [-0.1, -0.05) is 22.9 Å². The number of anilines is 1. The van der Waals surface area contributed by atoms with E-state index in [0.717, 1.165) is 45.6 Å². The van der Waals surface area contributed by atoms with E-state index in [9.17, 15) is 0 Å². The van der Waals surface area contributed by atoms with Crippen molar-refractivity contribution < 1.29 is 9.47 Å². The number of ether oxygens (including phenoxy) is 2. The Balaban J connectivity index is 1.71. The highest BCUT2D eigenvalue weighted by Gasteiger charge is 2.21. The molecule has 1 fully saturated rings. The fraction of sp³-hybridized carbons (Fsp3) is 0.400. The van der Waals surface area contributed by atoms with Crippen LogP contribution in [0.1, 0.15) is 19.8 Å². The number of fused-ring (bicyclic) bond motifs is 1. The molecular formula is C20H22BrN3O2S. The van der Waals surface area contributed by atoms with Crippen molar-refractivity contribution in [2.45, 2.75) is 19.8 Å². The molecule has 0 saturated carbocycles. The lowest BCUT2D eigenvalue weighted by molar-refractivity contribution is 0.355. The summed E-state index contributed by atoms with van der Waals surface area (Å²) in [4.78, 5) is 7.19. The summed E-state index contributed by atoms with van der Waals surface area (Å²) in [7, 11) is 3.28. The van der Waals surface area contributed by atoms with Gasteiger partial charge in [0.1, 0.15) is 16.0 Å². The Hall–Kier alpha value is -1.86. The number of hydrogen-bond acceptors (Lipinski definition) is 6. The molecule has 7 heteroatoms. The van der Waals surface area contributed by atoms with E-state index in [1.54, 1.807) is 25.8 Å². The van der Waals surface area contributed by atoms with Gasteiger partial charge in [0, 0.05) is 34.9 Å². The Kier molecular flexibility index (Phi) is 5.23. The van der Waals surface area contributed by atoms with Crippen LogP contribution in [0, 0.1) is 5.92 Å². The van der Waals surface area contributed by atoms with E-state index in [1.807, 2.05) is 18.3 Å². The molecule has 0 atom stereocenters. The molecule has 0 spiro atoms. The van der Waals surface area contributed by atoms with Gasteiger partial charge in [0.2, 0.25) is 0 Å². The Morgan fingerprint density at radius 2 is 1.81 bits per heavy atom. The lowest BCUT2D eigenvalue weighted by Gasteiger charge is -2.30. The van der Waals surface area contributed by atoms with Crippen LogP contribution in [0.2, 0.25) is 0 Å². The Morgan fingerprint density at radius 3 is 2.52 bits per heavy atom. The zero-order valence-electron chi connectivity index (χ0n) is 15.7. The first kappa shape index (κ1) is 18.5. The average molecular weight is 448 g/mol. The summed E-state index contributed by atoms with van der Waals surface area (Å²) < 4.78 is 16.4. The zero-order valence-corrected chi connectivity index (χ0v) is 18.1. The van der Waals surface area contributed by atoms with Crippen LogP contribution in [0.25, 0.3) is 22.2 Å². The number of benzene rings is 1. The largest absolute Gasteiger partial charge is 0.493 e. The summed E-state index contributed by atoms with van der Waals surface area (Å²) in [5.74, 6) is 2.19. The molecule has 142 valence electrons. The maximum Gasteiger partial charge on any atom is 0.161 e. The molecule has 2 aromatic heterocycles. The van der Waals surface area contributed by atoms with E-state index in [4.69, 9.17) is 14.5 Å². The molecule has 0 N–H and O–H groups in total. The van der Waals surface area contributed by atoms with Gasteiger partial charge < -0.3 is 14.4 Å². The maximum atomic E-state index is 5.45. The molecule has 0 radical (unpaired) electrons. The maximum absolute atomic E-state index is 5.45. The van der Waals surface area contributed by atoms with Gasteiger partial charge in [-0.25, -0.2) is 0 Å². The quantitative estimate of drug-likeness (QED) is 0.537. The number of hydrogen-bond donors (Lipinski definition) is 0. The van der Waals surface area contributed by atoms with Gasteiger partial charge in [-0.2, -0.15) is 4.37 Å². The van der Waals surface area contributed by atoms with Crippen LogP contribution >= 0.6 is 27.5 Å². The summed E-state index contributed by atoms with van der Waals surface area (Å²) in [6.45, 7) is 4.50. The normalized spacial score (nSPS) is 15.3. The van der Waals surface area contributed by atoms with Crippen molar-refractivity contribution in [1.82, 2.24) is 9.36 Å². The van der Waals surface area contributed by atoms with Crippen molar-refractivity contribution >= 4 is 43.5 Å². The van der Waals surface area contributed by atoms with Gasteiger partial charge in [-0.15, -0.1) is 0 Å². The highest BCUT2D eigenvalue weighted by molar-refractivity contribution is 9.10. The minimum atomic E-state index is 0.692. The van der Waals surface area contributed by atoms with Crippen LogP contribution in [0.5, 0.6) is 11.5 Å². The van der Waals surface area contributed by atoms with Crippen molar-refractivity contribution in [3.05, 3.63) is 28.9 Å². The first-order valence-electron chi connectivity index (χ1n) is 9.03. The van der Waals surface area contributed by atoms with Crippen LogP contribution in [0.4, 0.5) is 5.00 Å². The summed E-state index contributed by atoms with van der Waals surface area (Å²) in [5.41, 5.74) is 3.94. The van der Waals surface area contributed by atoms with Gasteiger partial charge in [0.25, 0.3) is 0 Å². The van der Waals surface area contributed by atoms with Crippen LogP contribution in [-0.2, 0) is 0 Å². The van der Waals surface area contributed by atoms with Crippen LogP contribution in [0.3, 0.4) is 0 Å². The Bertz CT molecular complexity index is 967. The number of nitrogens with zero attached hydrogens (tertiary/aromatic N) is 3. The van der Waals surface area contributed by atoms with Crippen molar-refractivity contribution in [1.29, 1.82) is 0 Å². The molecule has 0 aliphatic carbocycles. The van der Waals surface area contributed by atoms with Gasteiger partial charge >= 0.3 is 0 Å². The van der Waals surface area contributed by atoms with Gasteiger partial charge in [-0.3, -0.25) is 4.98 Å². The van der Waals surface area contributed by atoms with Crippen LogP contribution in [-0.4, -0.2) is 36.7 Å². The second-order valence-electron chi connectivity index (χ2n) is 6.94. The third kappa shape index (κ3) is 3.50. The zero-order chi connectivity index (χ0) is 19.0. The van der Waals surface area contributed by atoms with E-state index in [0.29, 0.717) is 11.5 Å². The monoisotopic (exact) mass is 447 g/mol. The summed E-state index contributed by atoms with van der Waals surface area (Å²) in [6.07, 6.45) is 4.38. The van der Waals surface area contributed by atoms with E-state index < -0.39 is 0 Å². The van der Waals surface area contributed by atoms with Gasteiger partial charge in [0.05, 0.1) is 14.2 Å². The Morgan fingerprint density at radius 1 is 1.11 bits per heavy atom. The first-order chi connectivity index (χ1) is 13.1. The van der Waals surface area contributed by atoms with Crippen LogP contribution in [0.15, 0.2) is 28.9 Å². The fourth-order valence-corrected chi connectivity index (χ4v) is 4.88. The number of halogens is 1. The minimum absolute atomic E-state index is 0.692. The number of aromatic nitrogens is 2. The number of piperidine rings is 1. The number of methoxy groups -OCH3 is 2. The predicted octanol–water partition coefficient (Wildman–Crippen LogP) is 5.37. The van der Waals surface area contributed by atoms with Crippen molar-refractivity contribution in [3.63, 3.8) is 0 Å². The molecule has 3 aromatic rings. The molecule has 1 aliphatic heterocycles. The smallest absolute Gasteiger partial charge is 0.161 e. The Labute approximate surface area is 171 Å². The van der Waals surface area contributed by atoms with E-state index in [-0.39, 0.29) is 0 Å². The lowest BCUT2D eigenvalue weighted by Crippen LogP contribution is -2.32. The van der Waals surface area contributed by atoms with Crippen molar-refractivity contribution in [2.24, 2.45) is 5.92 Å². The van der Waals surface area contributed by atoms with Gasteiger partial charge in [-0.05, 0) is 48.5 Å². The molecule has 0 amide bonds. The summed E-state index contributed by atoms with van der Waals surface area (Å²) >= 11 is 5.19. The minimum Gasteiger partial charge on any atom is -0.493 e. The molecule has 1 aromatic carbocycles. The highest BCUT2D eigenvalue weighted by Crippen LogP contribution is 2.40. The molecule has 1 saturated heterocycles. The van der Waals surface area contributed by atoms with Gasteiger partial charge in [0.15, 0.2) is 11.5 Å². The molecule has 3 heterocycles. The first-order valence-corrected chi connectivity index (χ1v) is 10.6. The number of rotatable bonds is 4. The third-order valence-corrected chi connectivity index (χ3v) is 6.72. The summed E-state index contributed by atoms with van der Waals surface area (Å²) in [5, 5.41) is 1.19. The molecule has 0 bridgehead atoms. The lowest BCUT2D eigenvalue weighted by atomic mass is 9.99. The van der Waals surface area contributed by atoms with E-state index in [1.165, 1.54) is 17.8 Å². The number of pyridine rings is 1. The highest BCUT2D eigenvalue weighted by atomic mass is 79.9. The third-order valence-electron chi connectivity index (χ3n) is 5.16. The average Bonchev–Trinajstić information content (AvgIpc) is 3.11. The SMILES string of the molecule is COc1cc(Br)c(-c2cnc3c(N4CCC(C)CC4)snc3c2)cc1OC. The second kappa shape index (κ2) is 7.64.